The number of fused-ring (bicyclic) bond motifs is 4. The van der Waals surface area contributed by atoms with Gasteiger partial charge < -0.3 is 33.9 Å². The molecule has 7 heterocycles. The number of carbonyl (C=O) groups is 4. The van der Waals surface area contributed by atoms with E-state index in [2.05, 4.69) is 0 Å². The van der Waals surface area contributed by atoms with Gasteiger partial charge in [0.15, 0.2) is 0 Å². The molecule has 216 valence electrons. The van der Waals surface area contributed by atoms with Gasteiger partial charge in [-0.2, -0.15) is 0 Å². The van der Waals surface area contributed by atoms with E-state index in [1.165, 1.54) is 0 Å². The van der Waals surface area contributed by atoms with Crippen molar-refractivity contribution in [2.24, 2.45) is 23.2 Å². The Balaban J connectivity index is 1.28. The van der Waals surface area contributed by atoms with Crippen molar-refractivity contribution in [3.8, 4) is 0 Å². The van der Waals surface area contributed by atoms with Crippen LogP contribution >= 0.6 is 0 Å². The average Bonchev–Trinajstić information content (AvgIpc) is 3.50. The van der Waals surface area contributed by atoms with Crippen LogP contribution in [0.4, 0.5) is 0 Å². The lowest BCUT2D eigenvalue weighted by molar-refractivity contribution is -0.389. The Bertz CT molecular complexity index is 1350. The number of hydrogen-bond acceptors (Lipinski definition) is 11. The van der Waals surface area contributed by atoms with Gasteiger partial charge in [0.25, 0.3) is 0 Å². The van der Waals surface area contributed by atoms with Gasteiger partial charge in [-0.05, 0) is 52.2 Å². The number of allylic oxidation sites excluding steroid dienone is 2. The molecule has 0 saturated carbocycles. The number of carbonyl (C=O) groups excluding carboxylic acids is 4. The van der Waals surface area contributed by atoms with Crippen molar-refractivity contribution in [3.05, 3.63) is 23.5 Å². The Morgan fingerprint density at radius 2 is 1.85 bits per heavy atom. The first kappa shape index (κ1) is 26.5. The van der Waals surface area contributed by atoms with Crippen LogP contribution in [-0.4, -0.2) is 74.3 Å². The fraction of sp³-hybridized carbons (Fsp3) is 0.724. The van der Waals surface area contributed by atoms with Gasteiger partial charge in [-0.25, -0.2) is 4.79 Å². The molecule has 2 N–H and O–H groups in total. The van der Waals surface area contributed by atoms with Crippen molar-refractivity contribution in [1.29, 1.82) is 0 Å². The first-order chi connectivity index (χ1) is 18.5. The first-order valence-corrected chi connectivity index (χ1v) is 14.0. The zero-order chi connectivity index (χ0) is 28.8. The number of ketones is 2. The van der Waals surface area contributed by atoms with E-state index in [4.69, 9.17) is 23.7 Å². The molecule has 10 atom stereocenters. The molecule has 0 aliphatic carbocycles. The second-order valence-corrected chi connectivity index (χ2v) is 13.6. The fourth-order valence-electron chi connectivity index (χ4n) is 9.05. The highest BCUT2D eigenvalue weighted by Gasteiger charge is 2.91. The van der Waals surface area contributed by atoms with E-state index in [1.54, 1.807) is 32.9 Å². The lowest BCUT2D eigenvalue weighted by atomic mass is 9.63. The molecule has 0 unspecified atom stereocenters. The molecule has 0 amide bonds. The van der Waals surface area contributed by atoms with Crippen LogP contribution in [0, 0.1) is 23.2 Å². The highest BCUT2D eigenvalue weighted by Crippen LogP contribution is 2.72. The highest BCUT2D eigenvalue weighted by atomic mass is 16.7. The van der Waals surface area contributed by atoms with Crippen LogP contribution in [-0.2, 0) is 42.9 Å². The van der Waals surface area contributed by atoms with Crippen molar-refractivity contribution in [1.82, 2.24) is 0 Å². The number of cyclic esters (lactones) is 1. The average molecular weight is 559 g/mol. The van der Waals surface area contributed by atoms with E-state index in [-0.39, 0.29) is 43.6 Å². The molecular formula is C29H34O11. The number of aliphatic hydroxyl groups is 2. The molecule has 2 spiro atoms. The largest absolute Gasteiger partial charge is 0.450 e. The molecular weight excluding hydrogens is 524 g/mol. The summed E-state index contributed by atoms with van der Waals surface area (Å²) in [4.78, 5) is 52.3. The van der Waals surface area contributed by atoms with Crippen molar-refractivity contribution >= 4 is 23.5 Å². The molecule has 40 heavy (non-hydrogen) atoms. The van der Waals surface area contributed by atoms with Crippen LogP contribution in [0.1, 0.15) is 66.7 Å². The standard InChI is InChI=1S/C29H34O11/c1-13(8-15-9-14(2)23(33)36-15)21(31)25(5)6-7-26-20(22(32)27(34,12-25)40-26)16-10-17-24(3,4)38-18-11-19(30)39-28(17,18)29(26,35)37-16/h8-9,13,16-18,20,34-35H,6-7,10-12H2,1-5H3/b15-8-/t13-,16+,17+,18-,20+,25+,26-,27+,28-,29+/m1/s1. The molecule has 0 radical (unpaired) electrons. The van der Waals surface area contributed by atoms with Crippen LogP contribution in [0.2, 0.25) is 0 Å². The Morgan fingerprint density at radius 1 is 1.12 bits per heavy atom. The Kier molecular flexibility index (Phi) is 4.95. The lowest BCUT2D eigenvalue weighted by Gasteiger charge is -2.52. The summed E-state index contributed by atoms with van der Waals surface area (Å²) in [6.07, 6.45) is 1.49. The van der Waals surface area contributed by atoms with Crippen LogP contribution in [0.5, 0.6) is 0 Å². The van der Waals surface area contributed by atoms with E-state index in [1.807, 2.05) is 13.8 Å². The molecule has 0 aromatic heterocycles. The topological polar surface area (TPSA) is 155 Å². The Hall–Kier alpha value is -2.44. The maximum absolute atomic E-state index is 14.0. The predicted molar refractivity (Wildman–Crippen MR) is 132 cm³/mol. The van der Waals surface area contributed by atoms with Gasteiger partial charge in [0.2, 0.25) is 23.0 Å². The maximum Gasteiger partial charge on any atom is 0.339 e. The highest BCUT2D eigenvalue weighted by molar-refractivity contribution is 5.96. The van der Waals surface area contributed by atoms with Crippen molar-refractivity contribution < 1.29 is 53.1 Å². The van der Waals surface area contributed by atoms with Gasteiger partial charge in [-0.3, -0.25) is 14.4 Å². The van der Waals surface area contributed by atoms with E-state index >= 15 is 0 Å². The number of ether oxygens (including phenoxy) is 5. The van der Waals surface area contributed by atoms with Gasteiger partial charge in [-0.1, -0.05) is 13.8 Å². The summed E-state index contributed by atoms with van der Waals surface area (Å²) in [5, 5.41) is 24.3. The minimum atomic E-state index is -2.36. The van der Waals surface area contributed by atoms with Crippen molar-refractivity contribution in [2.75, 3.05) is 0 Å². The monoisotopic (exact) mass is 558 g/mol. The quantitative estimate of drug-likeness (QED) is 0.483. The molecule has 7 rings (SSSR count). The summed E-state index contributed by atoms with van der Waals surface area (Å²) in [7, 11) is 0. The fourth-order valence-corrected chi connectivity index (χ4v) is 9.05. The van der Waals surface area contributed by atoms with Gasteiger partial charge >= 0.3 is 11.9 Å². The van der Waals surface area contributed by atoms with Crippen molar-refractivity contribution in [3.63, 3.8) is 0 Å². The third kappa shape index (κ3) is 2.87. The molecule has 11 nitrogen and oxygen atoms in total. The van der Waals surface area contributed by atoms with E-state index < -0.39 is 81.5 Å². The van der Waals surface area contributed by atoms with Gasteiger partial charge in [-0.15, -0.1) is 0 Å². The van der Waals surface area contributed by atoms with Crippen LogP contribution < -0.4 is 0 Å². The smallest absolute Gasteiger partial charge is 0.339 e. The molecule has 0 aromatic carbocycles. The van der Waals surface area contributed by atoms with Gasteiger partial charge in [0, 0.05) is 29.2 Å². The minimum absolute atomic E-state index is 0.00257. The second kappa shape index (κ2) is 7.49. The molecule has 7 aliphatic heterocycles. The SMILES string of the molecule is CC1=C/C(=C/[C@@H](C)C(=O)[C@@]2(C)CC[C@@]34O[C@@](O)(C2)C(=O)[C@@H]3[C@@H]2C[C@H]3C(C)(C)O[C@@H]5CC(=O)O[C@@]53[C@@]4(O)O2)OC1=O. The predicted octanol–water partition coefficient (Wildman–Crippen LogP) is 1.38. The lowest BCUT2D eigenvalue weighted by Crippen LogP contribution is -2.73. The summed E-state index contributed by atoms with van der Waals surface area (Å²) in [6, 6.07) is 0. The zero-order valence-electron chi connectivity index (χ0n) is 23.1. The summed E-state index contributed by atoms with van der Waals surface area (Å²) in [5.41, 5.74) is -5.00. The molecule has 6 fully saturated rings. The zero-order valence-corrected chi connectivity index (χ0v) is 23.1. The molecule has 6 saturated heterocycles. The summed E-state index contributed by atoms with van der Waals surface area (Å²) >= 11 is 0. The number of Topliss-reactive ketones (excluding diaryl/α,β-unsaturated/α-hetero) is 2. The second-order valence-electron chi connectivity index (χ2n) is 13.6. The minimum Gasteiger partial charge on any atom is -0.450 e. The van der Waals surface area contributed by atoms with E-state index in [9.17, 15) is 29.4 Å². The maximum atomic E-state index is 14.0. The molecule has 0 aromatic rings. The first-order valence-electron chi connectivity index (χ1n) is 14.0. The summed E-state index contributed by atoms with van der Waals surface area (Å²) in [5.74, 6) is -8.54. The number of rotatable bonds is 3. The van der Waals surface area contributed by atoms with E-state index in [0.29, 0.717) is 5.57 Å². The number of esters is 2. The number of hydrogen-bond donors (Lipinski definition) is 2. The van der Waals surface area contributed by atoms with Crippen LogP contribution in [0.25, 0.3) is 0 Å². The van der Waals surface area contributed by atoms with Gasteiger partial charge in [0.05, 0.1) is 24.0 Å². The van der Waals surface area contributed by atoms with Crippen LogP contribution in [0.15, 0.2) is 23.5 Å². The normalized spacial score (nSPS) is 51.5. The van der Waals surface area contributed by atoms with Gasteiger partial charge in [0.1, 0.15) is 23.2 Å². The third-order valence-corrected chi connectivity index (χ3v) is 10.7. The summed E-state index contributed by atoms with van der Waals surface area (Å²) in [6.45, 7) is 8.67. The third-order valence-electron chi connectivity index (χ3n) is 10.7. The molecule has 11 heteroatoms. The molecule has 4 bridgehead atoms. The Labute approximate surface area is 230 Å². The van der Waals surface area contributed by atoms with E-state index in [0.717, 1.165) is 0 Å². The summed E-state index contributed by atoms with van der Waals surface area (Å²) < 4.78 is 29.9. The molecule has 7 aliphatic rings. The van der Waals surface area contributed by atoms with Crippen LogP contribution in [0.3, 0.4) is 0 Å². The van der Waals surface area contributed by atoms with Crippen molar-refractivity contribution in [2.45, 2.75) is 107 Å². The Morgan fingerprint density at radius 3 is 2.52 bits per heavy atom.